The first kappa shape index (κ1) is 9.83. The van der Waals surface area contributed by atoms with Gasteiger partial charge in [-0.2, -0.15) is 5.10 Å². The Hall–Kier alpha value is -1.71. The second kappa shape index (κ2) is 3.81. The average Bonchev–Trinajstić information content (AvgIpc) is 2.49. The lowest BCUT2D eigenvalue weighted by Crippen LogP contribution is -2.01. The fraction of sp³-hybridized carbons (Fsp3) is 0.182. The van der Waals surface area contributed by atoms with E-state index in [1.165, 1.54) is 12.1 Å². The van der Waals surface area contributed by atoms with E-state index in [0.29, 0.717) is 12.1 Å². The summed E-state index contributed by atoms with van der Waals surface area (Å²) in [7, 11) is 0. The summed E-state index contributed by atoms with van der Waals surface area (Å²) in [5, 5.41) is 4.14. The molecule has 2 aromatic rings. The molecule has 0 atom stereocenters. The number of aryl methyl sites for hydroxylation is 1. The van der Waals surface area contributed by atoms with Crippen LogP contribution in [0.2, 0.25) is 0 Å². The molecule has 78 valence electrons. The number of halogens is 2. The average molecular weight is 208 g/mol. The van der Waals surface area contributed by atoms with Crippen LogP contribution >= 0.6 is 0 Å². The molecule has 1 heterocycles. The van der Waals surface area contributed by atoms with Crippen LogP contribution in [-0.2, 0) is 6.54 Å². The predicted octanol–water partition coefficient (Wildman–Crippen LogP) is 2.52. The van der Waals surface area contributed by atoms with E-state index in [9.17, 15) is 8.78 Å². The fourth-order valence-corrected chi connectivity index (χ4v) is 1.44. The highest BCUT2D eigenvalue weighted by atomic mass is 19.1. The summed E-state index contributed by atoms with van der Waals surface area (Å²) in [4.78, 5) is 0. The van der Waals surface area contributed by atoms with Gasteiger partial charge >= 0.3 is 0 Å². The Bertz CT molecular complexity index is 457. The van der Waals surface area contributed by atoms with E-state index in [-0.39, 0.29) is 0 Å². The zero-order valence-electron chi connectivity index (χ0n) is 8.24. The molecule has 0 N–H and O–H groups in total. The van der Waals surface area contributed by atoms with Gasteiger partial charge < -0.3 is 0 Å². The normalized spacial score (nSPS) is 10.6. The molecule has 1 aromatic carbocycles. The summed E-state index contributed by atoms with van der Waals surface area (Å²) in [5.74, 6) is -1.12. The van der Waals surface area contributed by atoms with Crippen molar-refractivity contribution < 1.29 is 8.78 Å². The van der Waals surface area contributed by atoms with Gasteiger partial charge in [-0.3, -0.25) is 4.68 Å². The monoisotopic (exact) mass is 208 g/mol. The van der Waals surface area contributed by atoms with Crippen LogP contribution in [0.1, 0.15) is 11.3 Å². The van der Waals surface area contributed by atoms with Crippen molar-refractivity contribution in [3.63, 3.8) is 0 Å². The minimum Gasteiger partial charge on any atom is -0.268 e. The first-order valence-corrected chi connectivity index (χ1v) is 4.58. The minimum atomic E-state index is -0.561. The first-order valence-electron chi connectivity index (χ1n) is 4.58. The van der Waals surface area contributed by atoms with Gasteiger partial charge in [0.15, 0.2) is 0 Å². The van der Waals surface area contributed by atoms with Crippen LogP contribution in [0.25, 0.3) is 0 Å². The molecular weight excluding hydrogens is 198 g/mol. The van der Waals surface area contributed by atoms with Gasteiger partial charge in [0, 0.05) is 12.3 Å². The summed E-state index contributed by atoms with van der Waals surface area (Å²) >= 11 is 0. The molecule has 0 aliphatic carbocycles. The van der Waals surface area contributed by atoms with E-state index < -0.39 is 11.6 Å². The minimum absolute atomic E-state index is 0.377. The number of hydrogen-bond acceptors (Lipinski definition) is 1. The molecule has 0 aliphatic rings. The standard InChI is InChI=1S/C11H10F2N2/c1-8-2-3-15(14-8)7-9-4-10(12)6-11(13)5-9/h2-6H,7H2,1H3. The van der Waals surface area contributed by atoms with Gasteiger partial charge in [0.25, 0.3) is 0 Å². The van der Waals surface area contributed by atoms with Crippen molar-refractivity contribution in [3.8, 4) is 0 Å². The molecule has 0 aliphatic heterocycles. The summed E-state index contributed by atoms with van der Waals surface area (Å²) in [6.45, 7) is 2.24. The van der Waals surface area contributed by atoms with Gasteiger partial charge in [-0.15, -0.1) is 0 Å². The van der Waals surface area contributed by atoms with Gasteiger partial charge in [-0.25, -0.2) is 8.78 Å². The highest BCUT2D eigenvalue weighted by molar-refractivity contribution is 5.18. The topological polar surface area (TPSA) is 17.8 Å². The fourth-order valence-electron chi connectivity index (χ4n) is 1.44. The second-order valence-corrected chi connectivity index (χ2v) is 3.43. The van der Waals surface area contributed by atoms with Gasteiger partial charge in [0.2, 0.25) is 0 Å². The van der Waals surface area contributed by atoms with Crippen LogP contribution in [0, 0.1) is 18.6 Å². The largest absolute Gasteiger partial charge is 0.268 e. The van der Waals surface area contributed by atoms with E-state index in [4.69, 9.17) is 0 Å². The van der Waals surface area contributed by atoms with E-state index in [1.807, 2.05) is 13.0 Å². The third-order valence-corrected chi connectivity index (χ3v) is 2.04. The Morgan fingerprint density at radius 1 is 1.20 bits per heavy atom. The van der Waals surface area contributed by atoms with Gasteiger partial charge in [-0.05, 0) is 30.7 Å². The Balaban J connectivity index is 2.24. The van der Waals surface area contributed by atoms with E-state index in [2.05, 4.69) is 5.10 Å². The summed E-state index contributed by atoms with van der Waals surface area (Å²) in [6, 6.07) is 5.31. The van der Waals surface area contributed by atoms with E-state index >= 15 is 0 Å². The second-order valence-electron chi connectivity index (χ2n) is 3.43. The van der Waals surface area contributed by atoms with E-state index in [1.54, 1.807) is 10.9 Å². The highest BCUT2D eigenvalue weighted by Crippen LogP contribution is 2.09. The molecule has 0 saturated heterocycles. The Labute approximate surface area is 86.2 Å². The molecule has 1 aromatic heterocycles. The molecule has 0 amide bonds. The van der Waals surface area contributed by atoms with Gasteiger partial charge in [0.1, 0.15) is 11.6 Å². The molecular formula is C11H10F2N2. The van der Waals surface area contributed by atoms with Crippen LogP contribution < -0.4 is 0 Å². The summed E-state index contributed by atoms with van der Waals surface area (Å²) < 4.78 is 27.4. The number of aromatic nitrogens is 2. The summed E-state index contributed by atoms with van der Waals surface area (Å²) in [6.07, 6.45) is 1.78. The van der Waals surface area contributed by atoms with Crippen molar-refractivity contribution in [2.24, 2.45) is 0 Å². The third-order valence-electron chi connectivity index (χ3n) is 2.04. The quantitative estimate of drug-likeness (QED) is 0.741. The van der Waals surface area contributed by atoms with Gasteiger partial charge in [-0.1, -0.05) is 0 Å². The van der Waals surface area contributed by atoms with Crippen molar-refractivity contribution in [3.05, 3.63) is 53.4 Å². The number of hydrogen-bond donors (Lipinski definition) is 0. The van der Waals surface area contributed by atoms with Crippen LogP contribution in [-0.4, -0.2) is 9.78 Å². The van der Waals surface area contributed by atoms with Crippen LogP contribution in [0.4, 0.5) is 8.78 Å². The number of nitrogens with zero attached hydrogens (tertiary/aromatic N) is 2. The molecule has 0 spiro atoms. The van der Waals surface area contributed by atoms with Crippen LogP contribution in [0.15, 0.2) is 30.5 Å². The van der Waals surface area contributed by atoms with Crippen LogP contribution in [0.3, 0.4) is 0 Å². The zero-order valence-corrected chi connectivity index (χ0v) is 8.24. The number of rotatable bonds is 2. The van der Waals surface area contributed by atoms with Crippen molar-refractivity contribution in [2.75, 3.05) is 0 Å². The highest BCUT2D eigenvalue weighted by Gasteiger charge is 2.02. The smallest absolute Gasteiger partial charge is 0.126 e. The molecule has 0 fully saturated rings. The van der Waals surface area contributed by atoms with E-state index in [0.717, 1.165) is 11.8 Å². The lowest BCUT2D eigenvalue weighted by Gasteiger charge is -2.02. The SMILES string of the molecule is Cc1ccn(Cc2cc(F)cc(F)c2)n1. The maximum atomic E-state index is 12.9. The molecule has 0 bridgehead atoms. The molecule has 0 saturated carbocycles. The lowest BCUT2D eigenvalue weighted by atomic mass is 10.2. The molecule has 2 rings (SSSR count). The Morgan fingerprint density at radius 3 is 2.40 bits per heavy atom. The molecule has 2 nitrogen and oxygen atoms in total. The molecule has 4 heteroatoms. The maximum absolute atomic E-state index is 12.9. The predicted molar refractivity (Wildman–Crippen MR) is 52.4 cm³/mol. The molecule has 15 heavy (non-hydrogen) atoms. The third kappa shape index (κ3) is 2.40. The lowest BCUT2D eigenvalue weighted by molar-refractivity contribution is 0.574. The van der Waals surface area contributed by atoms with Crippen molar-refractivity contribution in [1.29, 1.82) is 0 Å². The van der Waals surface area contributed by atoms with Crippen molar-refractivity contribution in [1.82, 2.24) is 9.78 Å². The maximum Gasteiger partial charge on any atom is 0.126 e. The summed E-state index contributed by atoms with van der Waals surface area (Å²) in [5.41, 5.74) is 1.45. The Kier molecular flexibility index (Phi) is 2.49. The van der Waals surface area contributed by atoms with Crippen molar-refractivity contribution in [2.45, 2.75) is 13.5 Å². The molecule has 0 unspecified atom stereocenters. The first-order chi connectivity index (χ1) is 7.13. The van der Waals surface area contributed by atoms with Crippen molar-refractivity contribution >= 4 is 0 Å². The Morgan fingerprint density at radius 2 is 1.87 bits per heavy atom. The zero-order chi connectivity index (χ0) is 10.8. The number of benzene rings is 1. The van der Waals surface area contributed by atoms with Crippen LogP contribution in [0.5, 0.6) is 0 Å². The molecule has 0 radical (unpaired) electrons. The van der Waals surface area contributed by atoms with Gasteiger partial charge in [0.05, 0.1) is 12.2 Å².